The van der Waals surface area contributed by atoms with E-state index in [0.717, 1.165) is 27.2 Å². The first-order valence-corrected chi connectivity index (χ1v) is 10.7. The van der Waals surface area contributed by atoms with E-state index >= 15 is 0 Å². The van der Waals surface area contributed by atoms with Crippen LogP contribution in [0.2, 0.25) is 0 Å². The molecule has 0 spiro atoms. The molecule has 0 radical (unpaired) electrons. The summed E-state index contributed by atoms with van der Waals surface area (Å²) in [5, 5.41) is 21.9. The van der Waals surface area contributed by atoms with Gasteiger partial charge in [-0.05, 0) is 35.1 Å². The molecule has 3 aliphatic rings. The number of rotatable bonds is 5. The van der Waals surface area contributed by atoms with Gasteiger partial charge in [0.15, 0.2) is 0 Å². The van der Waals surface area contributed by atoms with Gasteiger partial charge in [0.1, 0.15) is 18.2 Å². The summed E-state index contributed by atoms with van der Waals surface area (Å²) < 4.78 is 5.54. The number of carbonyl (C=O) groups is 3. The van der Waals surface area contributed by atoms with E-state index in [9.17, 15) is 24.6 Å². The summed E-state index contributed by atoms with van der Waals surface area (Å²) in [5.74, 6) is -1.73. The molecule has 8 heteroatoms. The van der Waals surface area contributed by atoms with Gasteiger partial charge in [0.2, 0.25) is 5.91 Å². The Morgan fingerprint density at radius 1 is 1.03 bits per heavy atom. The van der Waals surface area contributed by atoms with Gasteiger partial charge < -0.3 is 25.2 Å². The lowest BCUT2D eigenvalue weighted by atomic mass is 9.98. The highest BCUT2D eigenvalue weighted by Gasteiger charge is 2.56. The van der Waals surface area contributed by atoms with Gasteiger partial charge in [0.25, 0.3) is 0 Å². The highest BCUT2D eigenvalue weighted by molar-refractivity contribution is 5.95. The van der Waals surface area contributed by atoms with Crippen LogP contribution in [-0.2, 0) is 14.3 Å². The van der Waals surface area contributed by atoms with Crippen LogP contribution in [0.3, 0.4) is 0 Å². The SMILES string of the molecule is O=C(NC1(C(=O)N2C[C@@H](O)C[C@H]2C(=O)O)CC1)OCC1c2ccccc2-c2ccccc21. The van der Waals surface area contributed by atoms with E-state index in [0.29, 0.717) is 12.8 Å². The molecular weight excluding hydrogens is 412 g/mol. The third-order valence-corrected chi connectivity index (χ3v) is 6.67. The number of carboxylic acid groups (broad SMARTS) is 1. The molecule has 0 aromatic heterocycles. The maximum atomic E-state index is 13.0. The van der Waals surface area contributed by atoms with E-state index < -0.39 is 35.7 Å². The molecule has 32 heavy (non-hydrogen) atoms. The fourth-order valence-corrected chi connectivity index (χ4v) is 4.89. The first kappa shape index (κ1) is 20.5. The van der Waals surface area contributed by atoms with Crippen molar-refractivity contribution in [2.24, 2.45) is 0 Å². The quantitative estimate of drug-likeness (QED) is 0.661. The molecule has 5 rings (SSSR count). The monoisotopic (exact) mass is 436 g/mol. The van der Waals surface area contributed by atoms with Crippen LogP contribution < -0.4 is 5.32 Å². The fraction of sp³-hybridized carbons (Fsp3) is 0.375. The molecule has 2 amide bonds. The number of aliphatic hydroxyl groups is 1. The maximum absolute atomic E-state index is 13.0. The van der Waals surface area contributed by atoms with Crippen LogP contribution in [0.25, 0.3) is 11.1 Å². The average molecular weight is 436 g/mol. The molecule has 2 aromatic carbocycles. The molecule has 1 heterocycles. The Kier molecular flexibility index (Phi) is 4.89. The number of likely N-dealkylation sites (tertiary alicyclic amines) is 1. The predicted molar refractivity (Wildman–Crippen MR) is 114 cm³/mol. The van der Waals surface area contributed by atoms with Gasteiger partial charge >= 0.3 is 12.1 Å². The summed E-state index contributed by atoms with van der Waals surface area (Å²) in [4.78, 5) is 38.2. The standard InChI is InChI=1S/C24H24N2O6/c27-14-11-20(21(28)29)26(12-14)22(30)24(9-10-24)25-23(31)32-13-19-17-7-3-1-5-15(17)16-6-2-4-8-18(16)19/h1-8,14,19-20,27H,9-13H2,(H,25,31)(H,28,29)/t14-,20-/m0/s1. The van der Waals surface area contributed by atoms with Crippen LogP contribution in [0.5, 0.6) is 0 Å². The molecule has 1 saturated carbocycles. The first-order chi connectivity index (χ1) is 15.4. The van der Waals surface area contributed by atoms with Crippen molar-refractivity contribution in [2.45, 2.75) is 42.9 Å². The fourth-order valence-electron chi connectivity index (χ4n) is 4.89. The largest absolute Gasteiger partial charge is 0.480 e. The number of fused-ring (bicyclic) bond motifs is 3. The number of nitrogens with zero attached hydrogens (tertiary/aromatic N) is 1. The normalized spacial score (nSPS) is 22.7. The zero-order valence-electron chi connectivity index (χ0n) is 17.4. The topological polar surface area (TPSA) is 116 Å². The molecule has 1 saturated heterocycles. The Hall–Kier alpha value is -3.39. The number of carboxylic acids is 1. The number of nitrogens with one attached hydrogen (secondary N) is 1. The van der Waals surface area contributed by atoms with Gasteiger partial charge in [-0.15, -0.1) is 0 Å². The van der Waals surface area contributed by atoms with Crippen LogP contribution in [0.1, 0.15) is 36.3 Å². The number of hydrogen-bond donors (Lipinski definition) is 3. The predicted octanol–water partition coefficient (Wildman–Crippen LogP) is 2.10. The van der Waals surface area contributed by atoms with E-state index in [4.69, 9.17) is 4.74 Å². The molecule has 2 aliphatic carbocycles. The number of carbonyl (C=O) groups excluding carboxylic acids is 2. The van der Waals surface area contributed by atoms with Gasteiger partial charge in [0.05, 0.1) is 6.10 Å². The van der Waals surface area contributed by atoms with Crippen molar-refractivity contribution in [3.8, 4) is 11.1 Å². The minimum absolute atomic E-state index is 0.0118. The highest BCUT2D eigenvalue weighted by Crippen LogP contribution is 2.44. The number of aliphatic carboxylic acids is 1. The summed E-state index contributed by atoms with van der Waals surface area (Å²) in [5.41, 5.74) is 3.28. The van der Waals surface area contributed by atoms with E-state index in [2.05, 4.69) is 17.4 Å². The van der Waals surface area contributed by atoms with Crippen molar-refractivity contribution in [3.63, 3.8) is 0 Å². The van der Waals surface area contributed by atoms with Gasteiger partial charge in [-0.25, -0.2) is 9.59 Å². The number of amides is 2. The maximum Gasteiger partial charge on any atom is 0.408 e. The number of alkyl carbamates (subject to hydrolysis) is 1. The lowest BCUT2D eigenvalue weighted by Crippen LogP contribution is -2.53. The molecule has 166 valence electrons. The highest BCUT2D eigenvalue weighted by atomic mass is 16.5. The molecular formula is C24H24N2O6. The number of hydrogen-bond acceptors (Lipinski definition) is 5. The average Bonchev–Trinajstić information content (AvgIpc) is 3.34. The van der Waals surface area contributed by atoms with Crippen molar-refractivity contribution < 1.29 is 29.3 Å². The third-order valence-electron chi connectivity index (χ3n) is 6.67. The zero-order valence-corrected chi connectivity index (χ0v) is 17.4. The van der Waals surface area contributed by atoms with Crippen molar-refractivity contribution >= 4 is 18.0 Å². The second-order valence-corrected chi connectivity index (χ2v) is 8.73. The molecule has 8 nitrogen and oxygen atoms in total. The van der Waals surface area contributed by atoms with E-state index in [1.165, 1.54) is 0 Å². The van der Waals surface area contributed by atoms with E-state index in [1.807, 2.05) is 36.4 Å². The van der Waals surface area contributed by atoms with Crippen LogP contribution in [0, 0.1) is 0 Å². The van der Waals surface area contributed by atoms with Crippen molar-refractivity contribution in [2.75, 3.05) is 13.2 Å². The Balaban J connectivity index is 1.26. The summed E-state index contributed by atoms with van der Waals surface area (Å²) in [7, 11) is 0. The molecule has 2 aromatic rings. The van der Waals surface area contributed by atoms with Crippen LogP contribution >= 0.6 is 0 Å². The number of aliphatic hydroxyl groups excluding tert-OH is 1. The smallest absolute Gasteiger partial charge is 0.408 e. The second kappa shape index (κ2) is 7.63. The van der Waals surface area contributed by atoms with Crippen LogP contribution in [0.4, 0.5) is 4.79 Å². The van der Waals surface area contributed by atoms with Crippen molar-refractivity contribution in [1.82, 2.24) is 10.2 Å². The number of β-amino-alcohol motifs (C(OH)–C–C–N with tert-alkyl or cyclic N) is 1. The zero-order chi connectivity index (χ0) is 22.5. The van der Waals surface area contributed by atoms with Gasteiger partial charge in [-0.2, -0.15) is 0 Å². The summed E-state index contributed by atoms with van der Waals surface area (Å²) in [6, 6.07) is 14.9. The number of benzene rings is 2. The lowest BCUT2D eigenvalue weighted by Gasteiger charge is -2.27. The molecule has 2 atom stereocenters. The summed E-state index contributed by atoms with van der Waals surface area (Å²) in [6.45, 7) is 0.0776. The van der Waals surface area contributed by atoms with Crippen molar-refractivity contribution in [1.29, 1.82) is 0 Å². The Bertz CT molecular complexity index is 1050. The summed E-state index contributed by atoms with van der Waals surface area (Å²) >= 11 is 0. The molecule has 0 unspecified atom stereocenters. The third kappa shape index (κ3) is 3.40. The molecule has 1 aliphatic heterocycles. The van der Waals surface area contributed by atoms with Crippen LogP contribution in [-0.4, -0.2) is 63.9 Å². The lowest BCUT2D eigenvalue weighted by molar-refractivity contribution is -0.149. The van der Waals surface area contributed by atoms with Crippen LogP contribution in [0.15, 0.2) is 48.5 Å². The van der Waals surface area contributed by atoms with Crippen molar-refractivity contribution in [3.05, 3.63) is 59.7 Å². The molecule has 0 bridgehead atoms. The second-order valence-electron chi connectivity index (χ2n) is 8.73. The van der Waals surface area contributed by atoms with E-state index in [1.54, 1.807) is 0 Å². The van der Waals surface area contributed by atoms with E-state index in [-0.39, 0.29) is 25.5 Å². The minimum Gasteiger partial charge on any atom is -0.480 e. The Morgan fingerprint density at radius 2 is 1.62 bits per heavy atom. The first-order valence-electron chi connectivity index (χ1n) is 10.7. The number of ether oxygens (including phenoxy) is 1. The molecule has 2 fully saturated rings. The minimum atomic E-state index is -1.16. The summed E-state index contributed by atoms with van der Waals surface area (Å²) in [6.07, 6.45) is -0.777. The van der Waals surface area contributed by atoms with Gasteiger partial charge in [-0.3, -0.25) is 4.79 Å². The Labute approximate surface area is 184 Å². The van der Waals surface area contributed by atoms with Gasteiger partial charge in [-0.1, -0.05) is 48.5 Å². The Morgan fingerprint density at radius 3 is 2.19 bits per heavy atom. The molecule has 3 N–H and O–H groups in total. The van der Waals surface area contributed by atoms with Gasteiger partial charge in [0, 0.05) is 18.9 Å².